The van der Waals surface area contributed by atoms with Crippen LogP contribution >= 0.6 is 0 Å². The van der Waals surface area contributed by atoms with Crippen LogP contribution in [0.3, 0.4) is 0 Å². The molecule has 2 aliphatic rings. The number of hydrogen-bond donors (Lipinski definition) is 1. The van der Waals surface area contributed by atoms with E-state index in [1.54, 1.807) is 12.4 Å². The van der Waals surface area contributed by atoms with Crippen LogP contribution in [0.15, 0.2) is 37.3 Å². The van der Waals surface area contributed by atoms with Gasteiger partial charge in [-0.25, -0.2) is 0 Å². The molecule has 6 nitrogen and oxygen atoms in total. The first-order valence-corrected chi connectivity index (χ1v) is 10.5. The number of nitrogens with two attached hydrogens (primary N) is 1. The lowest BCUT2D eigenvalue weighted by atomic mass is 9.84. The molecule has 3 atom stereocenters. The Bertz CT molecular complexity index is 873. The highest BCUT2D eigenvalue weighted by Gasteiger charge is 2.33. The first-order chi connectivity index (χ1) is 14.1. The minimum absolute atomic E-state index is 0.603. The summed E-state index contributed by atoms with van der Waals surface area (Å²) in [5, 5.41) is 9.34. The van der Waals surface area contributed by atoms with Crippen LogP contribution in [0.1, 0.15) is 31.7 Å². The highest BCUT2D eigenvalue weighted by molar-refractivity contribution is 5.92. The van der Waals surface area contributed by atoms with Gasteiger partial charge in [0.25, 0.3) is 0 Å². The van der Waals surface area contributed by atoms with Crippen LogP contribution in [0.25, 0.3) is 11.0 Å². The third-order valence-corrected chi connectivity index (χ3v) is 6.19. The molecule has 154 valence electrons. The van der Waals surface area contributed by atoms with Gasteiger partial charge in [0.2, 0.25) is 0 Å². The van der Waals surface area contributed by atoms with E-state index < -0.39 is 0 Å². The van der Waals surface area contributed by atoms with E-state index in [0.717, 1.165) is 41.6 Å². The molecule has 0 aliphatic carbocycles. The number of anilines is 1. The lowest BCUT2D eigenvalue weighted by Crippen LogP contribution is -2.33. The third-order valence-electron chi connectivity index (χ3n) is 6.19. The first-order valence-electron chi connectivity index (χ1n) is 10.5. The van der Waals surface area contributed by atoms with Crippen molar-refractivity contribution in [2.45, 2.75) is 26.2 Å². The SMILES string of the molecule is C=CN.CC1CN(c2ccc(C#N)c3nccnc23)CC1CC1CCCN(C)C1. The molecule has 4 rings (SSSR count). The summed E-state index contributed by atoms with van der Waals surface area (Å²) in [5.74, 6) is 2.25. The minimum atomic E-state index is 0.603. The molecule has 0 saturated carbocycles. The Morgan fingerprint density at radius 1 is 1.24 bits per heavy atom. The predicted molar refractivity (Wildman–Crippen MR) is 118 cm³/mol. The number of nitrogens with zero attached hydrogens (tertiary/aromatic N) is 5. The lowest BCUT2D eigenvalue weighted by Gasteiger charge is -2.32. The highest BCUT2D eigenvalue weighted by Crippen LogP contribution is 2.36. The zero-order valence-corrected chi connectivity index (χ0v) is 17.6. The van der Waals surface area contributed by atoms with E-state index in [2.05, 4.69) is 58.2 Å². The smallest absolute Gasteiger partial charge is 0.113 e. The predicted octanol–water partition coefficient (Wildman–Crippen LogP) is 3.39. The van der Waals surface area contributed by atoms with E-state index in [-0.39, 0.29) is 0 Å². The summed E-state index contributed by atoms with van der Waals surface area (Å²) in [6.45, 7) is 10.2. The molecule has 29 heavy (non-hydrogen) atoms. The second-order valence-corrected chi connectivity index (χ2v) is 8.38. The van der Waals surface area contributed by atoms with Gasteiger partial charge in [0.05, 0.1) is 11.3 Å². The average Bonchev–Trinajstić information content (AvgIpc) is 3.08. The Hall–Kier alpha value is -2.65. The van der Waals surface area contributed by atoms with Crippen molar-refractivity contribution in [1.82, 2.24) is 14.9 Å². The molecule has 0 radical (unpaired) electrons. The van der Waals surface area contributed by atoms with Gasteiger partial charge in [-0.05, 0) is 68.9 Å². The van der Waals surface area contributed by atoms with E-state index in [0.29, 0.717) is 11.5 Å². The standard InChI is InChI=1S/C21H27N5.C2H5N/c1-15-12-26(14-18(15)10-16-4-3-9-25(2)13-16)19-6-5-17(11-22)20-21(19)24-8-7-23-20;1-2-3/h5-8,15-16,18H,3-4,9-10,12-14H2,1-2H3;2H,1,3H2. The lowest BCUT2D eigenvalue weighted by molar-refractivity contribution is 0.179. The molecule has 0 spiro atoms. The topological polar surface area (TPSA) is 82.1 Å². The van der Waals surface area contributed by atoms with Crippen LogP contribution in [0.4, 0.5) is 5.69 Å². The molecule has 3 unspecified atom stereocenters. The molecule has 2 aliphatic heterocycles. The van der Waals surface area contributed by atoms with Crippen molar-refractivity contribution < 1.29 is 0 Å². The van der Waals surface area contributed by atoms with Crippen molar-refractivity contribution in [3.05, 3.63) is 42.9 Å². The largest absolute Gasteiger partial charge is 0.405 e. The molecule has 6 heteroatoms. The molecular formula is C23H32N6. The van der Waals surface area contributed by atoms with Gasteiger partial charge in [0, 0.05) is 32.0 Å². The number of fused-ring (bicyclic) bond motifs is 1. The Morgan fingerprint density at radius 2 is 1.97 bits per heavy atom. The van der Waals surface area contributed by atoms with Gasteiger partial charge in [-0.15, -0.1) is 0 Å². The fourth-order valence-electron chi connectivity index (χ4n) is 4.82. The van der Waals surface area contributed by atoms with Crippen molar-refractivity contribution in [2.75, 3.05) is 38.1 Å². The molecule has 2 aromatic rings. The molecule has 2 saturated heterocycles. The summed E-state index contributed by atoms with van der Waals surface area (Å²) in [4.78, 5) is 13.9. The van der Waals surface area contributed by atoms with Crippen LogP contribution in [0.5, 0.6) is 0 Å². The summed E-state index contributed by atoms with van der Waals surface area (Å²) < 4.78 is 0. The molecule has 2 N–H and O–H groups in total. The number of rotatable bonds is 3. The minimum Gasteiger partial charge on any atom is -0.405 e. The molecular weight excluding hydrogens is 360 g/mol. The van der Waals surface area contributed by atoms with Crippen molar-refractivity contribution in [3.8, 4) is 6.07 Å². The zero-order chi connectivity index (χ0) is 20.8. The van der Waals surface area contributed by atoms with E-state index in [1.165, 1.54) is 38.6 Å². The third kappa shape index (κ3) is 4.86. The van der Waals surface area contributed by atoms with Gasteiger partial charge in [-0.1, -0.05) is 13.5 Å². The van der Waals surface area contributed by atoms with Crippen molar-refractivity contribution >= 4 is 16.7 Å². The number of piperidine rings is 1. The van der Waals surface area contributed by atoms with Gasteiger partial charge in [0.1, 0.15) is 17.1 Å². The van der Waals surface area contributed by atoms with Crippen LogP contribution in [-0.4, -0.2) is 48.1 Å². The second kappa shape index (κ2) is 9.71. The summed E-state index contributed by atoms with van der Waals surface area (Å²) in [6.07, 6.45) is 8.67. The normalized spacial score (nSPS) is 24.6. The fraction of sp³-hybridized carbons (Fsp3) is 0.522. The van der Waals surface area contributed by atoms with Crippen LogP contribution in [0.2, 0.25) is 0 Å². The molecule has 1 aromatic heterocycles. The van der Waals surface area contributed by atoms with Gasteiger partial charge < -0.3 is 15.5 Å². The monoisotopic (exact) mass is 392 g/mol. The van der Waals surface area contributed by atoms with E-state index in [4.69, 9.17) is 0 Å². The average molecular weight is 393 g/mol. The molecule has 0 bridgehead atoms. The van der Waals surface area contributed by atoms with Crippen molar-refractivity contribution in [1.29, 1.82) is 5.26 Å². The Morgan fingerprint density at radius 3 is 2.66 bits per heavy atom. The quantitative estimate of drug-likeness (QED) is 0.862. The summed E-state index contributed by atoms with van der Waals surface area (Å²) in [7, 11) is 2.25. The number of aromatic nitrogens is 2. The van der Waals surface area contributed by atoms with Gasteiger partial charge in [-0.3, -0.25) is 9.97 Å². The Balaban J connectivity index is 0.000000755. The Labute approximate surface area is 174 Å². The van der Waals surface area contributed by atoms with E-state index in [1.807, 2.05) is 6.07 Å². The first kappa shape index (κ1) is 21.1. The maximum Gasteiger partial charge on any atom is 0.113 e. The van der Waals surface area contributed by atoms with Crippen LogP contribution in [-0.2, 0) is 0 Å². The molecule has 1 aromatic carbocycles. The van der Waals surface area contributed by atoms with Crippen molar-refractivity contribution in [2.24, 2.45) is 23.5 Å². The summed E-state index contributed by atoms with van der Waals surface area (Å²) >= 11 is 0. The zero-order valence-electron chi connectivity index (χ0n) is 17.6. The van der Waals surface area contributed by atoms with E-state index >= 15 is 0 Å². The van der Waals surface area contributed by atoms with Gasteiger partial charge in [0.15, 0.2) is 0 Å². The maximum absolute atomic E-state index is 9.34. The van der Waals surface area contributed by atoms with Crippen molar-refractivity contribution in [3.63, 3.8) is 0 Å². The number of benzene rings is 1. The molecule has 3 heterocycles. The van der Waals surface area contributed by atoms with Crippen LogP contribution in [0, 0.1) is 29.1 Å². The Kier molecular flexibility index (Phi) is 7.05. The number of hydrogen-bond acceptors (Lipinski definition) is 6. The fourth-order valence-corrected chi connectivity index (χ4v) is 4.82. The second-order valence-electron chi connectivity index (χ2n) is 8.38. The number of nitriles is 1. The highest BCUT2D eigenvalue weighted by atomic mass is 15.2. The molecule has 0 amide bonds. The molecule has 2 fully saturated rings. The summed E-state index contributed by atoms with van der Waals surface area (Å²) in [5.41, 5.74) is 7.92. The van der Waals surface area contributed by atoms with Gasteiger partial charge in [-0.2, -0.15) is 5.26 Å². The summed E-state index contributed by atoms with van der Waals surface area (Å²) in [6, 6.07) is 6.18. The van der Waals surface area contributed by atoms with Crippen LogP contribution < -0.4 is 10.6 Å². The number of likely N-dealkylation sites (tertiary alicyclic amines) is 1. The maximum atomic E-state index is 9.34. The van der Waals surface area contributed by atoms with E-state index in [9.17, 15) is 5.26 Å². The van der Waals surface area contributed by atoms with Gasteiger partial charge >= 0.3 is 0 Å².